The van der Waals surface area contributed by atoms with E-state index < -0.39 is 11.9 Å². The average Bonchev–Trinajstić information content (AvgIpc) is 2.66. The van der Waals surface area contributed by atoms with Crippen LogP contribution in [0, 0.1) is 5.41 Å². The molecular weight excluding hydrogens is 219 g/mol. The second-order valence-corrected chi connectivity index (χ2v) is 3.07. The van der Waals surface area contributed by atoms with Gasteiger partial charge in [-0.1, -0.05) is 12.2 Å². The molecule has 0 aliphatic rings. The zero-order valence-electron chi connectivity index (χ0n) is 8.47. The maximum absolute atomic E-state index is 12.2. The van der Waals surface area contributed by atoms with E-state index in [1.807, 2.05) is 5.10 Å². The molecule has 6 heteroatoms. The lowest BCUT2D eigenvalue weighted by atomic mass is 10.2. The molecule has 1 rings (SSSR count). The van der Waals surface area contributed by atoms with Crippen molar-refractivity contribution in [2.75, 3.05) is 0 Å². The van der Waals surface area contributed by atoms with Crippen LogP contribution in [0.2, 0.25) is 0 Å². The van der Waals surface area contributed by atoms with Crippen LogP contribution in [0.1, 0.15) is 18.3 Å². The smallest absolute Gasteiger partial charge is 0.309 e. The molecule has 2 N–H and O–H groups in total. The number of halogens is 3. The van der Waals surface area contributed by atoms with Gasteiger partial charge >= 0.3 is 6.18 Å². The SMILES string of the molecule is C/C(=C\C=C/C=N)c1cc(C(F)(F)F)[nH]n1. The summed E-state index contributed by atoms with van der Waals surface area (Å²) >= 11 is 0. The van der Waals surface area contributed by atoms with Gasteiger partial charge in [-0.3, -0.25) is 5.10 Å². The number of rotatable bonds is 3. The van der Waals surface area contributed by atoms with Crippen LogP contribution in [0.15, 0.2) is 24.3 Å². The molecule has 0 amide bonds. The van der Waals surface area contributed by atoms with Crippen LogP contribution in [0.4, 0.5) is 13.2 Å². The summed E-state index contributed by atoms with van der Waals surface area (Å²) in [4.78, 5) is 0. The summed E-state index contributed by atoms with van der Waals surface area (Å²) in [5.74, 6) is 0. The quantitative estimate of drug-likeness (QED) is 0.607. The molecule has 0 fully saturated rings. The molecule has 16 heavy (non-hydrogen) atoms. The molecule has 0 aromatic carbocycles. The number of allylic oxidation sites excluding steroid dienone is 4. The first-order chi connectivity index (χ1) is 7.45. The van der Waals surface area contributed by atoms with Crippen LogP contribution in [0.5, 0.6) is 0 Å². The second kappa shape index (κ2) is 4.78. The van der Waals surface area contributed by atoms with Gasteiger partial charge in [-0.2, -0.15) is 18.3 Å². The van der Waals surface area contributed by atoms with Crippen LogP contribution in [0.3, 0.4) is 0 Å². The maximum Gasteiger partial charge on any atom is 0.432 e. The standard InChI is InChI=1S/C10H10F3N3/c1-7(4-2-3-5-14)8-6-9(16-15-8)10(11,12)13/h2-6,14H,1H3,(H,15,16)/b3-2-,7-4+,14-5?. The molecule has 86 valence electrons. The summed E-state index contributed by atoms with van der Waals surface area (Å²) in [6.07, 6.45) is 1.28. The lowest BCUT2D eigenvalue weighted by Crippen LogP contribution is -2.04. The van der Waals surface area contributed by atoms with Gasteiger partial charge in [-0.25, -0.2) is 0 Å². The first-order valence-corrected chi connectivity index (χ1v) is 4.42. The molecular formula is C10H10F3N3. The Labute approximate surface area is 90.2 Å². The van der Waals surface area contributed by atoms with Crippen molar-refractivity contribution in [3.63, 3.8) is 0 Å². The molecule has 1 aromatic heterocycles. The summed E-state index contributed by atoms with van der Waals surface area (Å²) in [6, 6.07) is 0.948. The Morgan fingerprint density at radius 1 is 1.44 bits per heavy atom. The van der Waals surface area contributed by atoms with Gasteiger partial charge in [-0.05, 0) is 24.6 Å². The Balaban J connectivity index is 2.90. The van der Waals surface area contributed by atoms with E-state index in [9.17, 15) is 13.2 Å². The molecule has 0 aliphatic carbocycles. The fourth-order valence-corrected chi connectivity index (χ4v) is 1.01. The predicted octanol–water partition coefficient (Wildman–Crippen LogP) is 3.04. The van der Waals surface area contributed by atoms with Crippen molar-refractivity contribution >= 4 is 11.8 Å². The van der Waals surface area contributed by atoms with E-state index in [1.54, 1.807) is 19.1 Å². The highest BCUT2D eigenvalue weighted by Gasteiger charge is 2.33. The topological polar surface area (TPSA) is 52.5 Å². The van der Waals surface area contributed by atoms with Gasteiger partial charge in [0.15, 0.2) is 0 Å². The monoisotopic (exact) mass is 229 g/mol. The number of hydrogen-bond acceptors (Lipinski definition) is 2. The summed E-state index contributed by atoms with van der Waals surface area (Å²) in [7, 11) is 0. The van der Waals surface area contributed by atoms with Gasteiger partial charge in [0.05, 0.1) is 5.69 Å². The summed E-state index contributed by atoms with van der Waals surface area (Å²) in [5, 5.41) is 12.2. The van der Waals surface area contributed by atoms with Crippen molar-refractivity contribution in [3.05, 3.63) is 35.7 Å². The van der Waals surface area contributed by atoms with E-state index in [0.29, 0.717) is 5.57 Å². The van der Waals surface area contributed by atoms with E-state index in [2.05, 4.69) is 5.10 Å². The number of nitrogens with one attached hydrogen (secondary N) is 2. The number of aromatic nitrogens is 2. The van der Waals surface area contributed by atoms with Crippen LogP contribution >= 0.6 is 0 Å². The van der Waals surface area contributed by atoms with E-state index in [4.69, 9.17) is 5.41 Å². The first-order valence-electron chi connectivity index (χ1n) is 4.42. The zero-order valence-corrected chi connectivity index (χ0v) is 8.47. The molecule has 0 saturated carbocycles. The molecule has 0 aliphatic heterocycles. The average molecular weight is 229 g/mol. The first kappa shape index (κ1) is 12.2. The van der Waals surface area contributed by atoms with Gasteiger partial charge in [0.25, 0.3) is 0 Å². The minimum atomic E-state index is -4.41. The lowest BCUT2D eigenvalue weighted by molar-refractivity contribution is -0.141. The molecule has 0 radical (unpaired) electrons. The normalized spacial score (nSPS) is 13.4. The summed E-state index contributed by atoms with van der Waals surface area (Å²) in [5.41, 5.74) is -0.0434. The number of hydrogen-bond donors (Lipinski definition) is 2. The van der Waals surface area contributed by atoms with Crippen molar-refractivity contribution in [1.82, 2.24) is 10.2 Å². The number of alkyl halides is 3. The van der Waals surface area contributed by atoms with Crippen LogP contribution in [-0.2, 0) is 6.18 Å². The van der Waals surface area contributed by atoms with Crippen molar-refractivity contribution in [2.24, 2.45) is 0 Å². The Morgan fingerprint density at radius 3 is 2.62 bits per heavy atom. The van der Waals surface area contributed by atoms with Crippen LogP contribution in [0.25, 0.3) is 5.57 Å². The van der Waals surface area contributed by atoms with Gasteiger partial charge in [0.1, 0.15) is 5.69 Å². The number of H-pyrrole nitrogens is 1. The minimum absolute atomic E-state index is 0.238. The van der Waals surface area contributed by atoms with Crippen molar-refractivity contribution < 1.29 is 13.2 Å². The Hall–Kier alpha value is -1.85. The van der Waals surface area contributed by atoms with E-state index in [0.717, 1.165) is 12.3 Å². The predicted molar refractivity (Wildman–Crippen MR) is 55.2 cm³/mol. The fraction of sp³-hybridized carbons (Fsp3) is 0.200. The molecule has 0 bridgehead atoms. The van der Waals surface area contributed by atoms with Gasteiger partial charge in [0.2, 0.25) is 0 Å². The second-order valence-electron chi connectivity index (χ2n) is 3.07. The Bertz CT molecular complexity index is 427. The fourth-order valence-electron chi connectivity index (χ4n) is 1.01. The molecule has 0 saturated heterocycles. The highest BCUT2D eigenvalue weighted by molar-refractivity contribution is 5.70. The number of aromatic amines is 1. The zero-order chi connectivity index (χ0) is 12.2. The minimum Gasteiger partial charge on any atom is -0.309 e. The van der Waals surface area contributed by atoms with Gasteiger partial charge < -0.3 is 5.41 Å². The third kappa shape index (κ3) is 3.08. The van der Waals surface area contributed by atoms with Crippen LogP contribution in [-0.4, -0.2) is 16.4 Å². The van der Waals surface area contributed by atoms with E-state index in [-0.39, 0.29) is 5.69 Å². The van der Waals surface area contributed by atoms with Crippen molar-refractivity contribution in [3.8, 4) is 0 Å². The highest BCUT2D eigenvalue weighted by atomic mass is 19.4. The molecule has 0 atom stereocenters. The summed E-state index contributed by atoms with van der Waals surface area (Å²) in [6.45, 7) is 1.64. The third-order valence-electron chi connectivity index (χ3n) is 1.84. The van der Waals surface area contributed by atoms with E-state index >= 15 is 0 Å². The van der Waals surface area contributed by atoms with Crippen LogP contribution < -0.4 is 0 Å². The maximum atomic E-state index is 12.2. The van der Waals surface area contributed by atoms with Crippen molar-refractivity contribution in [1.29, 1.82) is 5.41 Å². The van der Waals surface area contributed by atoms with Crippen molar-refractivity contribution in [2.45, 2.75) is 13.1 Å². The van der Waals surface area contributed by atoms with Gasteiger partial charge in [0, 0.05) is 6.21 Å². The molecule has 0 unspecified atom stereocenters. The largest absolute Gasteiger partial charge is 0.432 e. The molecule has 3 nitrogen and oxygen atoms in total. The Kier molecular flexibility index (Phi) is 3.65. The highest BCUT2D eigenvalue weighted by Crippen LogP contribution is 2.28. The molecule has 0 spiro atoms. The van der Waals surface area contributed by atoms with E-state index in [1.165, 1.54) is 6.08 Å². The molecule has 1 heterocycles. The lowest BCUT2D eigenvalue weighted by Gasteiger charge is -1.99. The molecule has 1 aromatic rings. The third-order valence-corrected chi connectivity index (χ3v) is 1.84. The number of nitrogens with zero attached hydrogens (tertiary/aromatic N) is 1. The summed E-state index contributed by atoms with van der Waals surface area (Å²) < 4.78 is 36.7. The van der Waals surface area contributed by atoms with Gasteiger partial charge in [-0.15, -0.1) is 0 Å². The Morgan fingerprint density at radius 2 is 2.12 bits per heavy atom.